The first-order chi connectivity index (χ1) is 7.53. The highest BCUT2D eigenvalue weighted by Gasteiger charge is 2.14. The largest absolute Gasteiger partial charge is 0.336 e. The second kappa shape index (κ2) is 6.22. The number of imidazole rings is 1. The molecule has 0 radical (unpaired) electrons. The zero-order valence-electron chi connectivity index (χ0n) is 9.13. The molecule has 1 atom stereocenters. The average Bonchev–Trinajstić information content (AvgIpc) is 2.69. The topological polar surface area (TPSA) is 64.0 Å². The van der Waals surface area contributed by atoms with Crippen LogP contribution in [-0.2, 0) is 16.6 Å². The predicted molar refractivity (Wildman–Crippen MR) is 63.9 cm³/mol. The van der Waals surface area contributed by atoms with Crippen molar-refractivity contribution < 1.29 is 8.42 Å². The van der Waals surface area contributed by atoms with Crippen LogP contribution < -0.4 is 4.72 Å². The van der Waals surface area contributed by atoms with Gasteiger partial charge in [0.2, 0.25) is 10.0 Å². The number of nitrogens with one attached hydrogen (secondary N) is 1. The Morgan fingerprint density at radius 2 is 2.31 bits per heavy atom. The third kappa shape index (κ3) is 4.96. The molecule has 1 aromatic heterocycles. The maximum atomic E-state index is 11.5. The van der Waals surface area contributed by atoms with Gasteiger partial charge in [0.15, 0.2) is 0 Å². The third-order valence-electron chi connectivity index (χ3n) is 2.02. The van der Waals surface area contributed by atoms with Gasteiger partial charge in [0, 0.05) is 31.4 Å². The summed E-state index contributed by atoms with van der Waals surface area (Å²) in [6.07, 6.45) is 5.09. The summed E-state index contributed by atoms with van der Waals surface area (Å²) in [6.45, 7) is 2.75. The van der Waals surface area contributed by atoms with Crippen molar-refractivity contribution in [2.24, 2.45) is 5.92 Å². The molecule has 0 saturated heterocycles. The number of alkyl halides is 1. The molecule has 0 saturated carbocycles. The molecule has 1 rings (SSSR count). The molecule has 0 aromatic carbocycles. The highest BCUT2D eigenvalue weighted by Crippen LogP contribution is 2.01. The molecule has 92 valence electrons. The van der Waals surface area contributed by atoms with Crippen molar-refractivity contribution in [3.05, 3.63) is 18.7 Å². The summed E-state index contributed by atoms with van der Waals surface area (Å²) in [5.74, 6) is 0.385. The van der Waals surface area contributed by atoms with Crippen LogP contribution in [0.1, 0.15) is 6.92 Å². The van der Waals surface area contributed by atoms with Gasteiger partial charge in [0.25, 0.3) is 0 Å². The Morgan fingerprint density at radius 1 is 1.56 bits per heavy atom. The monoisotopic (exact) mass is 265 g/mol. The van der Waals surface area contributed by atoms with Gasteiger partial charge in [0.1, 0.15) is 0 Å². The Balaban J connectivity index is 2.31. The quantitative estimate of drug-likeness (QED) is 0.738. The van der Waals surface area contributed by atoms with Crippen LogP contribution in [0.4, 0.5) is 0 Å². The minimum Gasteiger partial charge on any atom is -0.336 e. The van der Waals surface area contributed by atoms with E-state index in [2.05, 4.69) is 9.71 Å². The zero-order chi connectivity index (χ0) is 12.0. The van der Waals surface area contributed by atoms with E-state index in [1.165, 1.54) is 0 Å². The SMILES string of the molecule is CC(CCl)CS(=O)(=O)NCCn1ccnc1. The van der Waals surface area contributed by atoms with Gasteiger partial charge in [0.05, 0.1) is 12.1 Å². The van der Waals surface area contributed by atoms with Gasteiger partial charge in [-0.2, -0.15) is 0 Å². The molecule has 16 heavy (non-hydrogen) atoms. The number of halogens is 1. The Kier molecular flexibility index (Phi) is 5.24. The smallest absolute Gasteiger partial charge is 0.211 e. The summed E-state index contributed by atoms with van der Waals surface area (Å²) >= 11 is 5.57. The fourth-order valence-corrected chi connectivity index (χ4v) is 2.85. The van der Waals surface area contributed by atoms with E-state index in [1.807, 2.05) is 11.5 Å². The summed E-state index contributed by atoms with van der Waals surface area (Å²) in [5, 5.41) is 0. The fourth-order valence-electron chi connectivity index (χ4n) is 1.23. The maximum absolute atomic E-state index is 11.5. The predicted octanol–water partition coefficient (Wildman–Crippen LogP) is 0.677. The third-order valence-corrected chi connectivity index (χ3v) is 4.20. The Labute approximate surface area is 101 Å². The van der Waals surface area contributed by atoms with Gasteiger partial charge in [-0.25, -0.2) is 18.1 Å². The first-order valence-electron chi connectivity index (χ1n) is 5.02. The van der Waals surface area contributed by atoms with Crippen LogP contribution in [-0.4, -0.2) is 36.1 Å². The second-order valence-corrected chi connectivity index (χ2v) is 5.90. The van der Waals surface area contributed by atoms with E-state index >= 15 is 0 Å². The minimum absolute atomic E-state index is 0.0348. The average molecular weight is 266 g/mol. The van der Waals surface area contributed by atoms with E-state index in [9.17, 15) is 8.42 Å². The molecule has 0 fully saturated rings. The molecule has 0 bridgehead atoms. The van der Waals surface area contributed by atoms with Crippen LogP contribution in [0.5, 0.6) is 0 Å². The van der Waals surface area contributed by atoms with E-state index in [-0.39, 0.29) is 11.7 Å². The fraction of sp³-hybridized carbons (Fsp3) is 0.667. The second-order valence-electron chi connectivity index (χ2n) is 3.74. The molecule has 1 heterocycles. The summed E-state index contributed by atoms with van der Waals surface area (Å²) in [6, 6.07) is 0. The molecular formula is C9H16ClN3O2S. The normalized spacial score (nSPS) is 13.9. The van der Waals surface area contributed by atoms with E-state index in [4.69, 9.17) is 11.6 Å². The zero-order valence-corrected chi connectivity index (χ0v) is 10.7. The van der Waals surface area contributed by atoms with Crippen molar-refractivity contribution in [3.63, 3.8) is 0 Å². The summed E-state index contributed by atoms with van der Waals surface area (Å²) in [7, 11) is -3.21. The van der Waals surface area contributed by atoms with E-state index in [0.29, 0.717) is 19.0 Å². The molecule has 0 aliphatic heterocycles. The van der Waals surface area contributed by atoms with Crippen molar-refractivity contribution in [1.29, 1.82) is 0 Å². The first-order valence-corrected chi connectivity index (χ1v) is 7.21. The molecule has 0 aliphatic carbocycles. The van der Waals surface area contributed by atoms with Crippen molar-refractivity contribution in [2.75, 3.05) is 18.2 Å². The molecule has 7 heteroatoms. The lowest BCUT2D eigenvalue weighted by atomic mass is 10.3. The molecule has 1 N–H and O–H groups in total. The molecule has 0 spiro atoms. The molecule has 5 nitrogen and oxygen atoms in total. The minimum atomic E-state index is -3.21. The van der Waals surface area contributed by atoms with E-state index in [0.717, 1.165) is 0 Å². The van der Waals surface area contributed by atoms with Gasteiger partial charge >= 0.3 is 0 Å². The van der Waals surface area contributed by atoms with Gasteiger partial charge in [-0.05, 0) is 5.92 Å². The van der Waals surface area contributed by atoms with Gasteiger partial charge in [-0.3, -0.25) is 0 Å². The summed E-state index contributed by atoms with van der Waals surface area (Å²) in [5.41, 5.74) is 0. The van der Waals surface area contributed by atoms with Gasteiger partial charge in [-0.1, -0.05) is 6.92 Å². The first kappa shape index (κ1) is 13.5. The van der Waals surface area contributed by atoms with Crippen LogP contribution in [0.25, 0.3) is 0 Å². The Hall–Kier alpha value is -0.590. The standard InChI is InChI=1S/C9H16ClN3O2S/c1-9(6-10)7-16(14,15)12-3-5-13-4-2-11-8-13/h2,4,8-9,12H,3,5-7H2,1H3. The number of sulfonamides is 1. The number of nitrogens with zero attached hydrogens (tertiary/aromatic N) is 2. The molecule has 0 aliphatic rings. The van der Waals surface area contributed by atoms with Crippen molar-refractivity contribution in [3.8, 4) is 0 Å². The summed E-state index contributed by atoms with van der Waals surface area (Å²) in [4.78, 5) is 3.87. The molecule has 1 unspecified atom stereocenters. The molecule has 1 aromatic rings. The van der Waals surface area contributed by atoms with Crippen LogP contribution in [0.15, 0.2) is 18.7 Å². The lowest BCUT2D eigenvalue weighted by Gasteiger charge is -2.10. The lowest BCUT2D eigenvalue weighted by molar-refractivity contribution is 0.561. The van der Waals surface area contributed by atoms with E-state index < -0.39 is 10.0 Å². The van der Waals surface area contributed by atoms with E-state index in [1.54, 1.807) is 18.7 Å². The lowest BCUT2D eigenvalue weighted by Crippen LogP contribution is -2.32. The number of hydrogen-bond acceptors (Lipinski definition) is 3. The van der Waals surface area contributed by atoms with Crippen molar-refractivity contribution >= 4 is 21.6 Å². The molecular weight excluding hydrogens is 250 g/mol. The number of hydrogen-bond donors (Lipinski definition) is 1. The number of rotatable bonds is 7. The van der Waals surface area contributed by atoms with Crippen LogP contribution in [0, 0.1) is 5.92 Å². The highest BCUT2D eigenvalue weighted by atomic mass is 35.5. The maximum Gasteiger partial charge on any atom is 0.211 e. The Morgan fingerprint density at radius 3 is 2.88 bits per heavy atom. The summed E-state index contributed by atoms with van der Waals surface area (Å²) < 4.78 is 27.4. The van der Waals surface area contributed by atoms with Gasteiger partial charge in [-0.15, -0.1) is 11.6 Å². The van der Waals surface area contributed by atoms with Crippen molar-refractivity contribution in [2.45, 2.75) is 13.5 Å². The number of aromatic nitrogens is 2. The Bertz CT molecular complexity index is 391. The van der Waals surface area contributed by atoms with Crippen molar-refractivity contribution in [1.82, 2.24) is 14.3 Å². The molecule has 0 amide bonds. The van der Waals surface area contributed by atoms with Crippen LogP contribution in [0.2, 0.25) is 0 Å². The van der Waals surface area contributed by atoms with Crippen LogP contribution >= 0.6 is 11.6 Å². The highest BCUT2D eigenvalue weighted by molar-refractivity contribution is 7.89. The van der Waals surface area contributed by atoms with Gasteiger partial charge < -0.3 is 4.57 Å². The van der Waals surface area contributed by atoms with Crippen LogP contribution in [0.3, 0.4) is 0 Å².